The Morgan fingerprint density at radius 2 is 1.87 bits per heavy atom. The third kappa shape index (κ3) is 5.36. The zero-order valence-electron chi connectivity index (χ0n) is 13.6. The van der Waals surface area contributed by atoms with Crippen LogP contribution in [0.4, 0.5) is 0 Å². The first-order valence-corrected chi connectivity index (χ1v) is 7.66. The maximum atomic E-state index is 10.0. The molecule has 0 aromatic rings. The van der Waals surface area contributed by atoms with E-state index in [1.807, 2.05) is 13.0 Å². The highest BCUT2D eigenvalue weighted by Gasteiger charge is 2.45. The highest BCUT2D eigenvalue weighted by Crippen LogP contribution is 2.29. The molecule has 1 aliphatic rings. The Bertz CT molecular complexity index is 409. The standard InChI is InChI=1S/C16H28O7/c1-4-16(3,7-5-6-10(2)8-17)23-15-14(21)13(20)12(19)11(9-18)22-15/h4,6,11-15,17-21H,1,5,7-9H2,2-3H3. The van der Waals surface area contributed by atoms with Gasteiger partial charge in [0.25, 0.3) is 0 Å². The lowest BCUT2D eigenvalue weighted by Gasteiger charge is -2.42. The lowest BCUT2D eigenvalue weighted by atomic mass is 9.96. The lowest BCUT2D eigenvalue weighted by molar-refractivity contribution is -0.319. The van der Waals surface area contributed by atoms with Gasteiger partial charge in [-0.1, -0.05) is 17.7 Å². The molecule has 6 atom stereocenters. The van der Waals surface area contributed by atoms with Gasteiger partial charge in [0.05, 0.1) is 18.8 Å². The van der Waals surface area contributed by atoms with Crippen LogP contribution in [0.3, 0.4) is 0 Å². The van der Waals surface area contributed by atoms with Crippen LogP contribution in [0.25, 0.3) is 0 Å². The van der Waals surface area contributed by atoms with Crippen molar-refractivity contribution < 1.29 is 35.0 Å². The Balaban J connectivity index is 2.74. The molecule has 1 aliphatic heterocycles. The van der Waals surface area contributed by atoms with Gasteiger partial charge in [-0.15, -0.1) is 6.58 Å². The predicted octanol–water partition coefficient (Wildman–Crippen LogP) is -0.534. The van der Waals surface area contributed by atoms with Gasteiger partial charge in [-0.2, -0.15) is 0 Å². The van der Waals surface area contributed by atoms with Crippen LogP contribution >= 0.6 is 0 Å². The largest absolute Gasteiger partial charge is 0.394 e. The molecule has 0 aliphatic carbocycles. The van der Waals surface area contributed by atoms with Crippen molar-refractivity contribution >= 4 is 0 Å². The normalized spacial score (nSPS) is 34.9. The number of rotatable bonds is 8. The van der Waals surface area contributed by atoms with E-state index in [4.69, 9.17) is 14.6 Å². The summed E-state index contributed by atoms with van der Waals surface area (Å²) in [6, 6.07) is 0. The fourth-order valence-corrected chi connectivity index (χ4v) is 2.31. The van der Waals surface area contributed by atoms with E-state index in [9.17, 15) is 20.4 Å². The molecule has 0 aromatic heterocycles. The summed E-state index contributed by atoms with van der Waals surface area (Å²) in [5.41, 5.74) is -0.0101. The smallest absolute Gasteiger partial charge is 0.187 e. The van der Waals surface area contributed by atoms with Crippen molar-refractivity contribution in [2.24, 2.45) is 0 Å². The van der Waals surface area contributed by atoms with E-state index in [0.717, 1.165) is 5.57 Å². The monoisotopic (exact) mass is 332 g/mol. The Kier molecular flexibility index (Phi) is 7.82. The number of hydrogen-bond acceptors (Lipinski definition) is 7. The summed E-state index contributed by atoms with van der Waals surface area (Å²) in [5.74, 6) is 0. The maximum absolute atomic E-state index is 10.0. The first-order valence-electron chi connectivity index (χ1n) is 7.66. The van der Waals surface area contributed by atoms with Gasteiger partial charge in [-0.3, -0.25) is 0 Å². The van der Waals surface area contributed by atoms with E-state index >= 15 is 0 Å². The molecule has 6 unspecified atom stereocenters. The third-order valence-electron chi connectivity index (χ3n) is 4.05. The van der Waals surface area contributed by atoms with Crippen LogP contribution in [-0.2, 0) is 9.47 Å². The summed E-state index contributed by atoms with van der Waals surface area (Å²) in [6.07, 6.45) is -1.97. The van der Waals surface area contributed by atoms with Crippen LogP contribution in [-0.4, -0.2) is 75.1 Å². The first kappa shape index (κ1) is 20.2. The topological polar surface area (TPSA) is 120 Å². The molecular formula is C16H28O7. The average molecular weight is 332 g/mol. The van der Waals surface area contributed by atoms with Gasteiger partial charge >= 0.3 is 0 Å². The zero-order valence-corrected chi connectivity index (χ0v) is 13.6. The number of hydrogen-bond donors (Lipinski definition) is 5. The minimum Gasteiger partial charge on any atom is -0.394 e. The highest BCUT2D eigenvalue weighted by molar-refractivity contribution is 5.02. The Morgan fingerprint density at radius 1 is 1.22 bits per heavy atom. The van der Waals surface area contributed by atoms with Gasteiger partial charge in [0, 0.05) is 0 Å². The Morgan fingerprint density at radius 3 is 2.39 bits per heavy atom. The van der Waals surface area contributed by atoms with Crippen LogP contribution in [0.2, 0.25) is 0 Å². The number of aliphatic hydroxyl groups is 5. The molecule has 134 valence electrons. The van der Waals surface area contributed by atoms with Crippen molar-refractivity contribution in [3.63, 3.8) is 0 Å². The maximum Gasteiger partial charge on any atom is 0.187 e. The second-order valence-corrected chi connectivity index (χ2v) is 6.08. The van der Waals surface area contributed by atoms with Crippen molar-refractivity contribution in [1.29, 1.82) is 0 Å². The van der Waals surface area contributed by atoms with E-state index in [-0.39, 0.29) is 6.61 Å². The summed E-state index contributed by atoms with van der Waals surface area (Å²) in [7, 11) is 0. The highest BCUT2D eigenvalue weighted by atomic mass is 16.7. The Labute approximate surface area is 136 Å². The molecule has 5 N–H and O–H groups in total. The molecule has 1 saturated heterocycles. The fourth-order valence-electron chi connectivity index (χ4n) is 2.31. The minimum absolute atomic E-state index is 0.0155. The number of aliphatic hydroxyl groups excluding tert-OH is 5. The van der Waals surface area contributed by atoms with Crippen molar-refractivity contribution in [3.05, 3.63) is 24.3 Å². The quantitative estimate of drug-likeness (QED) is 0.379. The molecule has 0 saturated carbocycles. The van der Waals surface area contributed by atoms with Gasteiger partial charge in [0.2, 0.25) is 0 Å². The summed E-state index contributed by atoms with van der Waals surface area (Å²) < 4.78 is 11.1. The third-order valence-corrected chi connectivity index (χ3v) is 4.05. The second-order valence-electron chi connectivity index (χ2n) is 6.08. The van der Waals surface area contributed by atoms with Crippen LogP contribution < -0.4 is 0 Å². The molecule has 0 aromatic carbocycles. The van der Waals surface area contributed by atoms with E-state index in [1.165, 1.54) is 0 Å². The van der Waals surface area contributed by atoms with Crippen LogP contribution in [0.5, 0.6) is 0 Å². The molecule has 7 heteroatoms. The van der Waals surface area contributed by atoms with Crippen LogP contribution in [0, 0.1) is 0 Å². The van der Waals surface area contributed by atoms with Crippen LogP contribution in [0.1, 0.15) is 26.7 Å². The number of ether oxygens (including phenoxy) is 2. The number of allylic oxidation sites excluding steroid dienone is 1. The average Bonchev–Trinajstić information content (AvgIpc) is 2.55. The van der Waals surface area contributed by atoms with E-state index < -0.39 is 42.9 Å². The summed E-state index contributed by atoms with van der Waals surface area (Å²) in [4.78, 5) is 0. The van der Waals surface area contributed by atoms with Crippen molar-refractivity contribution in [1.82, 2.24) is 0 Å². The molecule has 0 amide bonds. The molecule has 1 rings (SSSR count). The predicted molar refractivity (Wildman–Crippen MR) is 83.5 cm³/mol. The van der Waals surface area contributed by atoms with Crippen molar-refractivity contribution in [2.45, 2.75) is 63.0 Å². The summed E-state index contributed by atoms with van der Waals surface area (Å²) in [5, 5.41) is 47.7. The van der Waals surface area contributed by atoms with Crippen LogP contribution in [0.15, 0.2) is 24.3 Å². The van der Waals surface area contributed by atoms with E-state index in [1.54, 1.807) is 13.0 Å². The van der Waals surface area contributed by atoms with Crippen molar-refractivity contribution in [3.8, 4) is 0 Å². The van der Waals surface area contributed by atoms with Gasteiger partial charge < -0.3 is 35.0 Å². The molecule has 1 heterocycles. The molecule has 7 nitrogen and oxygen atoms in total. The van der Waals surface area contributed by atoms with Gasteiger partial charge in [-0.25, -0.2) is 0 Å². The first-order chi connectivity index (χ1) is 10.8. The van der Waals surface area contributed by atoms with Crippen molar-refractivity contribution in [2.75, 3.05) is 13.2 Å². The zero-order chi connectivity index (χ0) is 17.6. The van der Waals surface area contributed by atoms with Gasteiger partial charge in [-0.05, 0) is 26.7 Å². The molecule has 0 bridgehead atoms. The molecule has 23 heavy (non-hydrogen) atoms. The SMILES string of the molecule is C=CC(C)(CCC=C(C)CO)OC1OC(CO)C(O)C(O)C1O. The van der Waals surface area contributed by atoms with Gasteiger partial charge in [0.1, 0.15) is 24.4 Å². The molecule has 0 spiro atoms. The van der Waals surface area contributed by atoms with E-state index in [2.05, 4.69) is 6.58 Å². The molecule has 0 radical (unpaired) electrons. The minimum atomic E-state index is -1.48. The fraction of sp³-hybridized carbons (Fsp3) is 0.750. The Hall–Kier alpha value is -0.800. The molecular weight excluding hydrogens is 304 g/mol. The lowest BCUT2D eigenvalue weighted by Crippen LogP contribution is -2.60. The summed E-state index contributed by atoms with van der Waals surface area (Å²) >= 11 is 0. The molecule has 1 fully saturated rings. The second kappa shape index (κ2) is 8.89. The van der Waals surface area contributed by atoms with Gasteiger partial charge in [0.15, 0.2) is 6.29 Å². The summed E-state index contributed by atoms with van der Waals surface area (Å²) in [6.45, 7) is 6.76. The van der Waals surface area contributed by atoms with E-state index in [0.29, 0.717) is 12.8 Å².